The molecule has 2 rings (SSSR count). The molecule has 2 N–H and O–H groups in total. The summed E-state index contributed by atoms with van der Waals surface area (Å²) >= 11 is 6.25. The summed E-state index contributed by atoms with van der Waals surface area (Å²) in [4.78, 5) is 5.99. The van der Waals surface area contributed by atoms with Crippen molar-refractivity contribution in [2.24, 2.45) is 10.9 Å². The number of ether oxygens (including phenoxy) is 1. The molecule has 0 amide bonds. The van der Waals surface area contributed by atoms with Gasteiger partial charge in [0.2, 0.25) is 0 Å². The van der Waals surface area contributed by atoms with Crippen molar-refractivity contribution in [2.45, 2.75) is 25.9 Å². The Bertz CT molecular complexity index is 655. The molecule has 0 aromatic heterocycles. The van der Waals surface area contributed by atoms with E-state index in [1.807, 2.05) is 19.1 Å². The van der Waals surface area contributed by atoms with E-state index < -0.39 is 12.7 Å². The monoisotopic (exact) mass is 420 g/mol. The fourth-order valence-electron chi connectivity index (χ4n) is 3.19. The molecule has 1 aromatic carbocycles. The number of benzene rings is 1. The van der Waals surface area contributed by atoms with Crippen molar-refractivity contribution in [1.29, 1.82) is 0 Å². The predicted octanol–water partition coefficient (Wildman–Crippen LogP) is 3.33. The van der Waals surface area contributed by atoms with Gasteiger partial charge in [-0.1, -0.05) is 17.7 Å². The third-order valence-electron chi connectivity index (χ3n) is 4.57. The Balaban J connectivity index is 1.81. The van der Waals surface area contributed by atoms with Crippen molar-refractivity contribution >= 4 is 17.6 Å². The Kier molecular flexibility index (Phi) is 8.69. The van der Waals surface area contributed by atoms with Gasteiger partial charge in [-0.3, -0.25) is 9.89 Å². The Morgan fingerprint density at radius 1 is 1.36 bits per heavy atom. The second-order valence-corrected chi connectivity index (χ2v) is 7.27. The number of methoxy groups -OCH3 is 1. The number of likely N-dealkylation sites (tertiary alicyclic amines) is 1. The lowest BCUT2D eigenvalue weighted by Gasteiger charge is -2.17. The number of alkyl halides is 3. The van der Waals surface area contributed by atoms with E-state index >= 15 is 0 Å². The fourth-order valence-corrected chi connectivity index (χ4v) is 3.46. The maximum Gasteiger partial charge on any atom is 0.401 e. The summed E-state index contributed by atoms with van der Waals surface area (Å²) in [6.45, 7) is 3.89. The molecule has 1 saturated heterocycles. The second kappa shape index (κ2) is 10.8. The van der Waals surface area contributed by atoms with Crippen LogP contribution in [0.4, 0.5) is 13.2 Å². The SMILES string of the molecule is CCNC(=NCC1CCN(CC(F)(F)F)C1)NCCc1ccc(OC)cc1Cl. The minimum atomic E-state index is -4.14. The molecule has 0 radical (unpaired) electrons. The molecule has 0 saturated carbocycles. The topological polar surface area (TPSA) is 48.9 Å². The van der Waals surface area contributed by atoms with E-state index in [0.29, 0.717) is 49.5 Å². The van der Waals surface area contributed by atoms with Gasteiger partial charge < -0.3 is 15.4 Å². The van der Waals surface area contributed by atoms with Gasteiger partial charge in [-0.25, -0.2) is 0 Å². The lowest BCUT2D eigenvalue weighted by Crippen LogP contribution is -2.39. The molecule has 1 aromatic rings. The van der Waals surface area contributed by atoms with Gasteiger partial charge >= 0.3 is 6.18 Å². The van der Waals surface area contributed by atoms with Crippen LogP contribution in [0.3, 0.4) is 0 Å². The van der Waals surface area contributed by atoms with Crippen LogP contribution in [0.15, 0.2) is 23.2 Å². The van der Waals surface area contributed by atoms with Gasteiger partial charge in [0.15, 0.2) is 5.96 Å². The number of aliphatic imine (C=N–C) groups is 1. The lowest BCUT2D eigenvalue weighted by molar-refractivity contribution is -0.143. The summed E-state index contributed by atoms with van der Waals surface area (Å²) in [5, 5.41) is 7.07. The van der Waals surface area contributed by atoms with Crippen LogP contribution in [0.25, 0.3) is 0 Å². The number of nitrogens with zero attached hydrogens (tertiary/aromatic N) is 2. The van der Waals surface area contributed by atoms with Gasteiger partial charge in [-0.2, -0.15) is 13.2 Å². The first-order valence-corrected chi connectivity index (χ1v) is 9.82. The van der Waals surface area contributed by atoms with E-state index in [4.69, 9.17) is 16.3 Å². The number of guanidine groups is 1. The zero-order chi connectivity index (χ0) is 20.6. The van der Waals surface area contributed by atoms with Gasteiger partial charge in [-0.15, -0.1) is 0 Å². The summed E-state index contributed by atoms with van der Waals surface area (Å²) in [5.41, 5.74) is 1.00. The lowest BCUT2D eigenvalue weighted by atomic mass is 10.1. The molecule has 0 spiro atoms. The van der Waals surface area contributed by atoms with Crippen molar-refractivity contribution in [1.82, 2.24) is 15.5 Å². The summed E-state index contributed by atoms with van der Waals surface area (Å²) < 4.78 is 42.6. The van der Waals surface area contributed by atoms with Crippen molar-refractivity contribution in [2.75, 3.05) is 46.4 Å². The highest BCUT2D eigenvalue weighted by atomic mass is 35.5. The molecule has 0 bridgehead atoms. The summed E-state index contributed by atoms with van der Waals surface area (Å²) in [5.74, 6) is 1.53. The highest BCUT2D eigenvalue weighted by Gasteiger charge is 2.34. The van der Waals surface area contributed by atoms with Crippen molar-refractivity contribution in [3.8, 4) is 5.75 Å². The third-order valence-corrected chi connectivity index (χ3v) is 4.92. The van der Waals surface area contributed by atoms with Gasteiger partial charge in [0.25, 0.3) is 0 Å². The highest BCUT2D eigenvalue weighted by Crippen LogP contribution is 2.23. The van der Waals surface area contributed by atoms with Gasteiger partial charge in [-0.05, 0) is 49.9 Å². The van der Waals surface area contributed by atoms with Crippen molar-refractivity contribution in [3.63, 3.8) is 0 Å². The maximum atomic E-state index is 12.5. The summed E-state index contributed by atoms with van der Waals surface area (Å²) in [6, 6.07) is 5.58. The van der Waals surface area contributed by atoms with Gasteiger partial charge in [0.05, 0.1) is 13.7 Å². The minimum absolute atomic E-state index is 0.147. The molecule has 1 aliphatic heterocycles. The van der Waals surface area contributed by atoms with Crippen LogP contribution < -0.4 is 15.4 Å². The Morgan fingerprint density at radius 2 is 2.14 bits per heavy atom. The molecular formula is C19H28ClF3N4O. The predicted molar refractivity (Wildman–Crippen MR) is 106 cm³/mol. The van der Waals surface area contributed by atoms with Crippen LogP contribution in [-0.4, -0.2) is 63.4 Å². The normalized spacial score (nSPS) is 18.4. The standard InChI is InChI=1S/C19H28ClF3N4O/c1-3-24-18(25-8-6-15-4-5-16(28-2)10-17(15)20)26-11-14-7-9-27(12-14)13-19(21,22)23/h4-5,10,14H,3,6-9,11-13H2,1-2H3,(H2,24,25,26). The van der Waals surface area contributed by atoms with Gasteiger partial charge in [0, 0.05) is 31.2 Å². The zero-order valence-electron chi connectivity index (χ0n) is 16.3. The number of nitrogens with one attached hydrogen (secondary N) is 2. The average molecular weight is 421 g/mol. The summed E-state index contributed by atoms with van der Waals surface area (Å²) in [6.07, 6.45) is -2.69. The van der Waals surface area contributed by atoms with Crippen LogP contribution >= 0.6 is 11.6 Å². The molecule has 0 aliphatic carbocycles. The molecule has 1 aliphatic rings. The molecule has 158 valence electrons. The largest absolute Gasteiger partial charge is 0.497 e. The van der Waals surface area contributed by atoms with E-state index in [-0.39, 0.29) is 5.92 Å². The molecule has 1 heterocycles. The van der Waals surface area contributed by atoms with Crippen LogP contribution in [-0.2, 0) is 6.42 Å². The maximum absolute atomic E-state index is 12.5. The van der Waals surface area contributed by atoms with Crippen LogP contribution in [0, 0.1) is 5.92 Å². The van der Waals surface area contributed by atoms with Crippen LogP contribution in [0.1, 0.15) is 18.9 Å². The van der Waals surface area contributed by atoms with E-state index in [9.17, 15) is 13.2 Å². The van der Waals surface area contributed by atoms with E-state index in [0.717, 1.165) is 18.4 Å². The molecule has 1 fully saturated rings. The molecular weight excluding hydrogens is 393 g/mol. The number of hydrogen-bond acceptors (Lipinski definition) is 3. The Hall–Kier alpha value is -1.67. The van der Waals surface area contributed by atoms with E-state index in [1.165, 1.54) is 4.90 Å². The van der Waals surface area contributed by atoms with E-state index in [1.54, 1.807) is 13.2 Å². The quantitative estimate of drug-likeness (QED) is 0.500. The highest BCUT2D eigenvalue weighted by molar-refractivity contribution is 6.31. The van der Waals surface area contributed by atoms with Crippen LogP contribution in [0.2, 0.25) is 5.02 Å². The number of halogens is 4. The zero-order valence-corrected chi connectivity index (χ0v) is 17.0. The van der Waals surface area contributed by atoms with Gasteiger partial charge in [0.1, 0.15) is 5.75 Å². The van der Waals surface area contributed by atoms with Crippen molar-refractivity contribution in [3.05, 3.63) is 28.8 Å². The summed E-state index contributed by atoms with van der Waals surface area (Å²) in [7, 11) is 1.60. The smallest absolute Gasteiger partial charge is 0.401 e. The average Bonchev–Trinajstić information content (AvgIpc) is 3.06. The molecule has 1 unspecified atom stereocenters. The first-order valence-electron chi connectivity index (χ1n) is 9.44. The molecule has 28 heavy (non-hydrogen) atoms. The fraction of sp³-hybridized carbons (Fsp3) is 0.632. The molecule has 9 heteroatoms. The second-order valence-electron chi connectivity index (χ2n) is 6.86. The van der Waals surface area contributed by atoms with Crippen molar-refractivity contribution < 1.29 is 17.9 Å². The van der Waals surface area contributed by atoms with E-state index in [2.05, 4.69) is 15.6 Å². The molecule has 1 atom stereocenters. The first kappa shape index (κ1) is 22.6. The number of rotatable bonds is 8. The third kappa shape index (κ3) is 7.75. The number of hydrogen-bond donors (Lipinski definition) is 2. The Morgan fingerprint density at radius 3 is 2.79 bits per heavy atom. The Labute approximate surface area is 169 Å². The molecule has 5 nitrogen and oxygen atoms in total. The van der Waals surface area contributed by atoms with Crippen LogP contribution in [0.5, 0.6) is 5.75 Å². The first-order chi connectivity index (χ1) is 13.3. The minimum Gasteiger partial charge on any atom is -0.497 e.